The molecule has 3 heteroatoms. The molecule has 0 saturated heterocycles. The molecule has 2 nitrogen and oxygen atoms in total. The van der Waals surface area contributed by atoms with E-state index < -0.39 is 0 Å². The second-order valence-electron chi connectivity index (χ2n) is 4.25. The molecule has 0 aliphatic rings. The molecule has 96 valence electrons. The summed E-state index contributed by atoms with van der Waals surface area (Å²) in [6.07, 6.45) is 0. The normalized spacial score (nSPS) is 13.0. The van der Waals surface area contributed by atoms with Crippen LogP contribution in [0.4, 0.5) is 4.39 Å². The van der Waals surface area contributed by atoms with Crippen LogP contribution in [0.3, 0.4) is 0 Å². The number of rotatable bonds is 7. The van der Waals surface area contributed by atoms with Crippen molar-refractivity contribution in [2.75, 3.05) is 26.2 Å². The minimum atomic E-state index is -0.177. The number of hydrogen-bond acceptors (Lipinski definition) is 2. The maximum absolute atomic E-state index is 12.8. The molecular weight excluding hydrogens is 215 g/mol. The number of likely N-dealkylation sites (N-methyl/N-ethyl adjacent to an activating group) is 1. The molecule has 17 heavy (non-hydrogen) atoms. The third kappa shape index (κ3) is 4.84. The van der Waals surface area contributed by atoms with Crippen molar-refractivity contribution in [3.8, 4) is 0 Å². The standard InChI is InChI=1S/C14H23FN2/c1-4-17(5-2)11-10-16-12(3)13-6-8-14(15)9-7-13/h6-9,12,16H,4-5,10-11H2,1-3H3. The van der Waals surface area contributed by atoms with Crippen LogP contribution in [-0.2, 0) is 0 Å². The molecule has 0 aliphatic carbocycles. The lowest BCUT2D eigenvalue weighted by atomic mass is 10.1. The molecule has 0 heterocycles. The molecule has 1 atom stereocenters. The summed E-state index contributed by atoms with van der Waals surface area (Å²) < 4.78 is 12.8. The zero-order valence-corrected chi connectivity index (χ0v) is 11.0. The first-order chi connectivity index (χ1) is 8.17. The Morgan fingerprint density at radius 1 is 1.18 bits per heavy atom. The van der Waals surface area contributed by atoms with Gasteiger partial charge in [0.1, 0.15) is 5.82 Å². The SMILES string of the molecule is CCN(CC)CCNC(C)c1ccc(F)cc1. The second kappa shape index (κ2) is 7.41. The minimum Gasteiger partial charge on any atom is -0.309 e. The predicted octanol–water partition coefficient (Wildman–Crippen LogP) is 2.82. The molecule has 0 radical (unpaired) electrons. The Morgan fingerprint density at radius 2 is 1.76 bits per heavy atom. The molecule has 1 aromatic rings. The van der Waals surface area contributed by atoms with E-state index in [0.717, 1.165) is 31.7 Å². The fraction of sp³-hybridized carbons (Fsp3) is 0.571. The molecule has 0 aromatic heterocycles. The van der Waals surface area contributed by atoms with Crippen LogP contribution in [0.25, 0.3) is 0 Å². The van der Waals surface area contributed by atoms with Crippen molar-refractivity contribution < 1.29 is 4.39 Å². The van der Waals surface area contributed by atoms with E-state index in [-0.39, 0.29) is 11.9 Å². The van der Waals surface area contributed by atoms with Gasteiger partial charge in [0.2, 0.25) is 0 Å². The van der Waals surface area contributed by atoms with E-state index in [9.17, 15) is 4.39 Å². The van der Waals surface area contributed by atoms with Gasteiger partial charge < -0.3 is 10.2 Å². The van der Waals surface area contributed by atoms with Crippen LogP contribution in [0.2, 0.25) is 0 Å². The highest BCUT2D eigenvalue weighted by Gasteiger charge is 2.05. The van der Waals surface area contributed by atoms with Gasteiger partial charge in [0.15, 0.2) is 0 Å². The number of nitrogens with zero attached hydrogens (tertiary/aromatic N) is 1. The summed E-state index contributed by atoms with van der Waals surface area (Å²) in [6, 6.07) is 6.97. The molecule has 0 amide bonds. The monoisotopic (exact) mass is 238 g/mol. The van der Waals surface area contributed by atoms with Crippen LogP contribution in [0, 0.1) is 5.82 Å². The summed E-state index contributed by atoms with van der Waals surface area (Å²) in [7, 11) is 0. The molecule has 0 aliphatic heterocycles. The van der Waals surface area contributed by atoms with Gasteiger partial charge in [-0.1, -0.05) is 26.0 Å². The van der Waals surface area contributed by atoms with Gasteiger partial charge in [0.05, 0.1) is 0 Å². The van der Waals surface area contributed by atoms with Gasteiger partial charge in [0, 0.05) is 19.1 Å². The van der Waals surface area contributed by atoms with Gasteiger partial charge in [-0.25, -0.2) is 4.39 Å². The van der Waals surface area contributed by atoms with Crippen LogP contribution in [0.5, 0.6) is 0 Å². The quantitative estimate of drug-likeness (QED) is 0.786. The molecule has 0 bridgehead atoms. The molecule has 1 aromatic carbocycles. The Balaban J connectivity index is 2.34. The summed E-state index contributed by atoms with van der Waals surface area (Å²) in [4.78, 5) is 2.38. The van der Waals surface area contributed by atoms with Crippen LogP contribution in [0.15, 0.2) is 24.3 Å². The van der Waals surface area contributed by atoms with Crippen molar-refractivity contribution in [1.82, 2.24) is 10.2 Å². The highest BCUT2D eigenvalue weighted by molar-refractivity contribution is 5.19. The average Bonchev–Trinajstić information content (AvgIpc) is 2.35. The van der Waals surface area contributed by atoms with Gasteiger partial charge in [-0.2, -0.15) is 0 Å². The Labute approximate surface area is 104 Å². The van der Waals surface area contributed by atoms with E-state index in [1.165, 1.54) is 12.1 Å². The maximum Gasteiger partial charge on any atom is 0.123 e. The highest BCUT2D eigenvalue weighted by atomic mass is 19.1. The van der Waals surface area contributed by atoms with Crippen molar-refractivity contribution in [2.45, 2.75) is 26.8 Å². The van der Waals surface area contributed by atoms with Gasteiger partial charge in [-0.3, -0.25) is 0 Å². The van der Waals surface area contributed by atoms with E-state index in [0.29, 0.717) is 0 Å². The lowest BCUT2D eigenvalue weighted by Gasteiger charge is -2.20. The largest absolute Gasteiger partial charge is 0.309 e. The number of hydrogen-bond donors (Lipinski definition) is 1. The van der Waals surface area contributed by atoms with Crippen LogP contribution in [0.1, 0.15) is 32.4 Å². The maximum atomic E-state index is 12.8. The van der Waals surface area contributed by atoms with E-state index in [1.54, 1.807) is 0 Å². The van der Waals surface area contributed by atoms with Gasteiger partial charge >= 0.3 is 0 Å². The van der Waals surface area contributed by atoms with Crippen molar-refractivity contribution in [2.24, 2.45) is 0 Å². The number of benzene rings is 1. The molecular formula is C14H23FN2. The predicted molar refractivity (Wildman–Crippen MR) is 70.6 cm³/mol. The summed E-state index contributed by atoms with van der Waals surface area (Å²) in [5.41, 5.74) is 1.13. The number of halogens is 1. The third-order valence-corrected chi connectivity index (χ3v) is 3.14. The van der Waals surface area contributed by atoms with E-state index >= 15 is 0 Å². The summed E-state index contributed by atoms with van der Waals surface area (Å²) >= 11 is 0. The summed E-state index contributed by atoms with van der Waals surface area (Å²) in [5.74, 6) is -0.177. The molecule has 1 rings (SSSR count). The molecule has 1 unspecified atom stereocenters. The van der Waals surface area contributed by atoms with Crippen molar-refractivity contribution in [3.63, 3.8) is 0 Å². The zero-order valence-electron chi connectivity index (χ0n) is 11.0. The lowest BCUT2D eigenvalue weighted by Crippen LogP contribution is -2.33. The fourth-order valence-corrected chi connectivity index (χ4v) is 1.85. The van der Waals surface area contributed by atoms with Gasteiger partial charge in [-0.15, -0.1) is 0 Å². The topological polar surface area (TPSA) is 15.3 Å². The van der Waals surface area contributed by atoms with Crippen LogP contribution < -0.4 is 5.32 Å². The van der Waals surface area contributed by atoms with E-state index in [4.69, 9.17) is 0 Å². The Kier molecular flexibility index (Phi) is 6.16. The van der Waals surface area contributed by atoms with Crippen molar-refractivity contribution in [1.29, 1.82) is 0 Å². The summed E-state index contributed by atoms with van der Waals surface area (Å²) in [5, 5.41) is 3.45. The first-order valence-corrected chi connectivity index (χ1v) is 6.38. The highest BCUT2D eigenvalue weighted by Crippen LogP contribution is 2.12. The lowest BCUT2D eigenvalue weighted by molar-refractivity contribution is 0.298. The van der Waals surface area contributed by atoms with Gasteiger partial charge in [0.25, 0.3) is 0 Å². The first kappa shape index (κ1) is 14.1. The van der Waals surface area contributed by atoms with E-state index in [1.807, 2.05) is 12.1 Å². The third-order valence-electron chi connectivity index (χ3n) is 3.14. The second-order valence-corrected chi connectivity index (χ2v) is 4.25. The molecule has 0 spiro atoms. The Bertz CT molecular complexity index is 307. The van der Waals surface area contributed by atoms with Crippen molar-refractivity contribution >= 4 is 0 Å². The summed E-state index contributed by atoms with van der Waals surface area (Å²) in [6.45, 7) is 10.6. The first-order valence-electron chi connectivity index (χ1n) is 6.38. The van der Waals surface area contributed by atoms with E-state index in [2.05, 4.69) is 31.0 Å². The molecule has 1 N–H and O–H groups in total. The number of nitrogens with one attached hydrogen (secondary N) is 1. The molecule has 0 saturated carbocycles. The van der Waals surface area contributed by atoms with Crippen molar-refractivity contribution in [3.05, 3.63) is 35.6 Å². The average molecular weight is 238 g/mol. The Morgan fingerprint density at radius 3 is 2.29 bits per heavy atom. The Hall–Kier alpha value is -0.930. The van der Waals surface area contributed by atoms with Crippen LogP contribution in [-0.4, -0.2) is 31.1 Å². The minimum absolute atomic E-state index is 0.177. The zero-order chi connectivity index (χ0) is 12.7. The molecule has 0 fully saturated rings. The fourth-order valence-electron chi connectivity index (χ4n) is 1.85. The van der Waals surface area contributed by atoms with Gasteiger partial charge in [-0.05, 0) is 37.7 Å². The smallest absolute Gasteiger partial charge is 0.123 e. The van der Waals surface area contributed by atoms with Crippen LogP contribution >= 0.6 is 0 Å².